The molecule has 8 nitrogen and oxygen atoms in total. The summed E-state index contributed by atoms with van der Waals surface area (Å²) in [5.41, 5.74) is 3.35. The summed E-state index contributed by atoms with van der Waals surface area (Å²) in [6, 6.07) is 25.2. The van der Waals surface area contributed by atoms with E-state index in [1.54, 1.807) is 73.8 Å². The predicted octanol–water partition coefficient (Wildman–Crippen LogP) is 5.60. The Morgan fingerprint density at radius 2 is 1.44 bits per heavy atom. The van der Waals surface area contributed by atoms with Crippen molar-refractivity contribution < 1.29 is 33.4 Å². The SMILES string of the molecule is COc1cccc(CCN(CCC(=O)O)C(=O)c2ccccc2-c2ccccc2C(=O)NCc2ccc(F)cc2)c1OC. The summed E-state index contributed by atoms with van der Waals surface area (Å²) in [5, 5.41) is 12.3. The van der Waals surface area contributed by atoms with E-state index in [2.05, 4.69) is 5.32 Å². The van der Waals surface area contributed by atoms with Crippen LogP contribution in [0.3, 0.4) is 0 Å². The first-order valence-electron chi connectivity index (χ1n) is 13.7. The normalized spacial score (nSPS) is 10.6. The Morgan fingerprint density at radius 1 is 0.791 bits per heavy atom. The number of nitrogens with one attached hydrogen (secondary N) is 1. The Hall–Kier alpha value is -5.18. The minimum Gasteiger partial charge on any atom is -0.493 e. The summed E-state index contributed by atoms with van der Waals surface area (Å²) in [6.45, 7) is 0.420. The van der Waals surface area contributed by atoms with Gasteiger partial charge in [0.25, 0.3) is 11.8 Å². The summed E-state index contributed by atoms with van der Waals surface area (Å²) in [7, 11) is 3.08. The average molecular weight is 585 g/mol. The zero-order valence-corrected chi connectivity index (χ0v) is 24.0. The molecule has 0 aliphatic carbocycles. The monoisotopic (exact) mass is 584 g/mol. The number of carboxylic acids is 1. The van der Waals surface area contributed by atoms with Crippen LogP contribution in [0.25, 0.3) is 11.1 Å². The molecule has 0 heterocycles. The number of rotatable bonds is 13. The molecule has 0 radical (unpaired) electrons. The summed E-state index contributed by atoms with van der Waals surface area (Å²) < 4.78 is 24.2. The molecule has 0 fully saturated rings. The maximum atomic E-state index is 14.0. The van der Waals surface area contributed by atoms with Gasteiger partial charge in [-0.1, -0.05) is 60.7 Å². The lowest BCUT2D eigenvalue weighted by Crippen LogP contribution is -2.35. The standard InChI is InChI=1S/C34H33FN2O6/c1-42-30-13-7-8-24(32(30)43-2)18-20-37(21-19-31(38)39)34(41)29-12-6-4-10-27(29)26-9-3-5-11-28(26)33(40)36-22-23-14-16-25(35)17-15-23/h3-17H,18-22H2,1-2H3,(H,36,40)(H,38,39). The van der Waals surface area contributed by atoms with Crippen LogP contribution in [0.4, 0.5) is 4.39 Å². The van der Waals surface area contributed by atoms with Crippen LogP contribution in [0, 0.1) is 5.82 Å². The van der Waals surface area contributed by atoms with Crippen LogP contribution < -0.4 is 14.8 Å². The molecule has 2 N–H and O–H groups in total. The summed E-state index contributed by atoms with van der Waals surface area (Å²) in [4.78, 5) is 40.3. The number of halogens is 1. The molecule has 4 aromatic rings. The lowest BCUT2D eigenvalue weighted by atomic mass is 9.94. The van der Waals surface area contributed by atoms with E-state index >= 15 is 0 Å². The molecule has 4 aromatic carbocycles. The number of nitrogens with zero attached hydrogens (tertiary/aromatic N) is 1. The van der Waals surface area contributed by atoms with Crippen molar-refractivity contribution in [1.29, 1.82) is 0 Å². The lowest BCUT2D eigenvalue weighted by Gasteiger charge is -2.24. The van der Waals surface area contributed by atoms with Crippen LogP contribution in [-0.4, -0.2) is 55.1 Å². The van der Waals surface area contributed by atoms with Gasteiger partial charge in [-0.05, 0) is 59.0 Å². The van der Waals surface area contributed by atoms with Gasteiger partial charge in [0.15, 0.2) is 11.5 Å². The minimum absolute atomic E-state index is 0.00537. The first-order chi connectivity index (χ1) is 20.8. The van der Waals surface area contributed by atoms with Crippen molar-refractivity contribution in [2.75, 3.05) is 27.3 Å². The number of methoxy groups -OCH3 is 2. The highest BCUT2D eigenvalue weighted by molar-refractivity contribution is 6.06. The lowest BCUT2D eigenvalue weighted by molar-refractivity contribution is -0.137. The van der Waals surface area contributed by atoms with Crippen LogP contribution >= 0.6 is 0 Å². The number of carboxylic acid groups (broad SMARTS) is 1. The van der Waals surface area contributed by atoms with E-state index in [0.29, 0.717) is 40.2 Å². The number of hydrogen-bond donors (Lipinski definition) is 2. The molecule has 9 heteroatoms. The van der Waals surface area contributed by atoms with E-state index in [-0.39, 0.29) is 43.7 Å². The van der Waals surface area contributed by atoms with E-state index in [4.69, 9.17) is 9.47 Å². The Morgan fingerprint density at radius 3 is 2.09 bits per heavy atom. The highest BCUT2D eigenvalue weighted by atomic mass is 19.1. The van der Waals surface area contributed by atoms with Crippen molar-refractivity contribution in [2.45, 2.75) is 19.4 Å². The fourth-order valence-corrected chi connectivity index (χ4v) is 4.82. The van der Waals surface area contributed by atoms with Crippen molar-refractivity contribution in [1.82, 2.24) is 10.2 Å². The molecule has 0 unspecified atom stereocenters. The molecule has 0 saturated carbocycles. The maximum absolute atomic E-state index is 14.0. The molecular weight excluding hydrogens is 551 g/mol. The highest BCUT2D eigenvalue weighted by Gasteiger charge is 2.23. The van der Waals surface area contributed by atoms with E-state index in [9.17, 15) is 23.9 Å². The number of carbonyl (C=O) groups excluding carboxylic acids is 2. The number of benzene rings is 4. The average Bonchev–Trinajstić information content (AvgIpc) is 3.03. The van der Waals surface area contributed by atoms with Crippen LogP contribution in [0.2, 0.25) is 0 Å². The molecule has 0 aliphatic rings. The Kier molecular flexibility index (Phi) is 10.5. The van der Waals surface area contributed by atoms with Gasteiger partial charge in [0, 0.05) is 30.8 Å². The first-order valence-corrected chi connectivity index (χ1v) is 13.7. The molecule has 222 valence electrons. The van der Waals surface area contributed by atoms with Crippen LogP contribution in [0.1, 0.15) is 38.3 Å². The molecule has 4 rings (SSSR count). The quantitative estimate of drug-likeness (QED) is 0.212. The van der Waals surface area contributed by atoms with Crippen molar-refractivity contribution in [3.05, 3.63) is 119 Å². The second kappa shape index (κ2) is 14.6. The Balaban J connectivity index is 1.62. The molecule has 0 bridgehead atoms. The van der Waals surface area contributed by atoms with E-state index in [1.807, 2.05) is 12.1 Å². The van der Waals surface area contributed by atoms with Gasteiger partial charge in [0.05, 0.1) is 20.6 Å². The van der Waals surface area contributed by atoms with E-state index < -0.39 is 5.97 Å². The molecule has 0 aromatic heterocycles. The van der Waals surface area contributed by atoms with Gasteiger partial charge in [-0.2, -0.15) is 0 Å². The van der Waals surface area contributed by atoms with Crippen LogP contribution in [-0.2, 0) is 17.8 Å². The largest absolute Gasteiger partial charge is 0.493 e. The Labute approximate surface area is 249 Å². The molecule has 43 heavy (non-hydrogen) atoms. The second-order valence-electron chi connectivity index (χ2n) is 9.74. The van der Waals surface area contributed by atoms with Gasteiger partial charge in [-0.15, -0.1) is 0 Å². The topological polar surface area (TPSA) is 105 Å². The van der Waals surface area contributed by atoms with Gasteiger partial charge in [0.2, 0.25) is 0 Å². The first kappa shape index (κ1) is 30.8. The molecule has 0 atom stereocenters. The fourth-order valence-electron chi connectivity index (χ4n) is 4.82. The predicted molar refractivity (Wildman–Crippen MR) is 161 cm³/mol. The number of carbonyl (C=O) groups is 3. The van der Waals surface area contributed by atoms with Gasteiger partial charge in [-0.3, -0.25) is 14.4 Å². The Bertz CT molecular complexity index is 1590. The minimum atomic E-state index is -1.02. The van der Waals surface area contributed by atoms with Crippen molar-refractivity contribution >= 4 is 17.8 Å². The number of para-hydroxylation sites is 1. The molecule has 0 spiro atoms. The molecule has 0 saturated heterocycles. The van der Waals surface area contributed by atoms with Crippen LogP contribution in [0.15, 0.2) is 91.0 Å². The van der Waals surface area contributed by atoms with Gasteiger partial charge in [-0.25, -0.2) is 4.39 Å². The highest BCUT2D eigenvalue weighted by Crippen LogP contribution is 2.32. The van der Waals surface area contributed by atoms with E-state index in [0.717, 1.165) is 11.1 Å². The third-order valence-corrected chi connectivity index (χ3v) is 7.00. The number of aliphatic carboxylic acids is 1. The summed E-state index contributed by atoms with van der Waals surface area (Å²) in [5.74, 6) is -0.982. The smallest absolute Gasteiger partial charge is 0.305 e. The zero-order valence-electron chi connectivity index (χ0n) is 24.0. The molecular formula is C34H33FN2O6. The molecule has 0 aliphatic heterocycles. The zero-order chi connectivity index (χ0) is 30.8. The summed E-state index contributed by atoms with van der Waals surface area (Å²) in [6.07, 6.45) is 0.168. The van der Waals surface area contributed by atoms with Gasteiger partial charge >= 0.3 is 5.97 Å². The summed E-state index contributed by atoms with van der Waals surface area (Å²) >= 11 is 0. The molecule has 2 amide bonds. The van der Waals surface area contributed by atoms with Crippen molar-refractivity contribution in [3.63, 3.8) is 0 Å². The number of amides is 2. The number of hydrogen-bond acceptors (Lipinski definition) is 5. The van der Waals surface area contributed by atoms with Crippen molar-refractivity contribution in [3.8, 4) is 22.6 Å². The number of ether oxygens (including phenoxy) is 2. The van der Waals surface area contributed by atoms with Crippen molar-refractivity contribution in [2.24, 2.45) is 0 Å². The fraction of sp³-hybridized carbons (Fsp3) is 0.206. The van der Waals surface area contributed by atoms with Crippen LogP contribution in [0.5, 0.6) is 11.5 Å². The third kappa shape index (κ3) is 7.77. The second-order valence-corrected chi connectivity index (χ2v) is 9.74. The van der Waals surface area contributed by atoms with Gasteiger partial charge in [0.1, 0.15) is 5.82 Å². The third-order valence-electron chi connectivity index (χ3n) is 7.00. The van der Waals surface area contributed by atoms with Gasteiger partial charge < -0.3 is 24.8 Å². The van der Waals surface area contributed by atoms with E-state index in [1.165, 1.54) is 24.1 Å². The maximum Gasteiger partial charge on any atom is 0.305 e.